The SMILES string of the molecule is CCNCc1nnc(OCCN(C(C)C)C(C)C)s1. The fraction of sp³-hybridized carbons (Fsp3) is 0.846. The maximum absolute atomic E-state index is 5.67. The van der Waals surface area contributed by atoms with Crippen molar-refractivity contribution in [3.63, 3.8) is 0 Å². The van der Waals surface area contributed by atoms with E-state index < -0.39 is 0 Å². The number of hydrogen-bond donors (Lipinski definition) is 1. The summed E-state index contributed by atoms with van der Waals surface area (Å²) in [4.78, 5) is 2.40. The lowest BCUT2D eigenvalue weighted by atomic mass is 10.2. The molecule has 110 valence electrons. The van der Waals surface area contributed by atoms with E-state index in [1.807, 2.05) is 0 Å². The lowest BCUT2D eigenvalue weighted by Gasteiger charge is -2.29. The molecule has 1 N–H and O–H groups in total. The van der Waals surface area contributed by atoms with Gasteiger partial charge < -0.3 is 10.1 Å². The summed E-state index contributed by atoms with van der Waals surface area (Å²) in [6.45, 7) is 14.2. The highest BCUT2D eigenvalue weighted by Gasteiger charge is 2.13. The average molecular weight is 286 g/mol. The van der Waals surface area contributed by atoms with Gasteiger partial charge in [0.2, 0.25) is 0 Å². The predicted molar refractivity (Wildman–Crippen MR) is 79.8 cm³/mol. The number of nitrogens with one attached hydrogen (secondary N) is 1. The third-order valence-corrected chi connectivity index (χ3v) is 3.71. The minimum atomic E-state index is 0.530. The molecule has 1 heterocycles. The quantitative estimate of drug-likeness (QED) is 0.754. The van der Waals surface area contributed by atoms with Crippen LogP contribution in [0.1, 0.15) is 39.6 Å². The Bertz CT molecular complexity index is 346. The van der Waals surface area contributed by atoms with E-state index in [1.54, 1.807) is 0 Å². The summed E-state index contributed by atoms with van der Waals surface area (Å²) in [5.74, 6) is 0. The first-order valence-corrected chi connectivity index (χ1v) is 7.77. The molecule has 0 saturated heterocycles. The topological polar surface area (TPSA) is 50.3 Å². The van der Waals surface area contributed by atoms with Gasteiger partial charge in [-0.3, -0.25) is 4.90 Å². The Morgan fingerprint density at radius 1 is 1.21 bits per heavy atom. The van der Waals surface area contributed by atoms with E-state index in [1.165, 1.54) is 11.3 Å². The van der Waals surface area contributed by atoms with Crippen molar-refractivity contribution in [3.8, 4) is 5.19 Å². The fourth-order valence-electron chi connectivity index (χ4n) is 1.95. The Balaban J connectivity index is 2.34. The van der Waals surface area contributed by atoms with Crippen LogP contribution in [0.5, 0.6) is 5.19 Å². The average Bonchev–Trinajstić information content (AvgIpc) is 2.79. The molecule has 0 saturated carbocycles. The zero-order chi connectivity index (χ0) is 14.3. The smallest absolute Gasteiger partial charge is 0.294 e. The molecule has 6 heteroatoms. The van der Waals surface area contributed by atoms with Gasteiger partial charge in [0.05, 0.1) is 0 Å². The maximum Gasteiger partial charge on any atom is 0.294 e. The van der Waals surface area contributed by atoms with Crippen LogP contribution < -0.4 is 10.1 Å². The Kier molecular flexibility index (Phi) is 7.27. The Hall–Kier alpha value is -0.720. The number of rotatable bonds is 9. The molecule has 0 amide bonds. The fourth-order valence-corrected chi connectivity index (χ4v) is 2.63. The van der Waals surface area contributed by atoms with Crippen LogP contribution in [0.25, 0.3) is 0 Å². The Morgan fingerprint density at radius 2 is 1.89 bits per heavy atom. The number of nitrogens with zero attached hydrogens (tertiary/aromatic N) is 3. The Morgan fingerprint density at radius 3 is 2.47 bits per heavy atom. The van der Waals surface area contributed by atoms with Crippen molar-refractivity contribution < 1.29 is 4.74 Å². The second kappa shape index (κ2) is 8.45. The molecule has 0 bridgehead atoms. The minimum Gasteiger partial charge on any atom is -0.468 e. The van der Waals surface area contributed by atoms with Crippen molar-refractivity contribution in [2.45, 2.75) is 53.2 Å². The molecule has 1 aromatic heterocycles. The number of aromatic nitrogens is 2. The van der Waals surface area contributed by atoms with Crippen LogP contribution in [-0.2, 0) is 6.54 Å². The maximum atomic E-state index is 5.67. The number of hydrogen-bond acceptors (Lipinski definition) is 6. The van der Waals surface area contributed by atoms with Crippen molar-refractivity contribution in [3.05, 3.63) is 5.01 Å². The second-order valence-corrected chi connectivity index (χ2v) is 6.04. The monoisotopic (exact) mass is 286 g/mol. The zero-order valence-electron chi connectivity index (χ0n) is 12.6. The largest absolute Gasteiger partial charge is 0.468 e. The molecule has 5 nitrogen and oxygen atoms in total. The molecule has 19 heavy (non-hydrogen) atoms. The minimum absolute atomic E-state index is 0.530. The Labute approximate surface area is 120 Å². The van der Waals surface area contributed by atoms with E-state index in [2.05, 4.69) is 55.0 Å². The summed E-state index contributed by atoms with van der Waals surface area (Å²) < 4.78 is 5.67. The summed E-state index contributed by atoms with van der Waals surface area (Å²) in [6.07, 6.45) is 0. The van der Waals surface area contributed by atoms with E-state index in [0.717, 1.165) is 24.6 Å². The standard InChI is InChI=1S/C13H26N4OS/c1-6-14-9-12-15-16-13(19-12)18-8-7-17(10(2)3)11(4)5/h10-11,14H,6-9H2,1-5H3. The van der Waals surface area contributed by atoms with Crippen molar-refractivity contribution in [2.24, 2.45) is 0 Å². The predicted octanol–water partition coefficient (Wildman–Crippen LogP) is 2.15. The van der Waals surface area contributed by atoms with Crippen molar-refractivity contribution in [2.75, 3.05) is 19.7 Å². The molecule has 0 unspecified atom stereocenters. The van der Waals surface area contributed by atoms with Gasteiger partial charge in [-0.15, -0.1) is 10.2 Å². The van der Waals surface area contributed by atoms with E-state index in [-0.39, 0.29) is 0 Å². The van der Waals surface area contributed by atoms with Gasteiger partial charge in [0.25, 0.3) is 5.19 Å². The summed E-state index contributed by atoms with van der Waals surface area (Å²) in [5, 5.41) is 13.0. The normalized spacial score (nSPS) is 11.8. The van der Waals surface area contributed by atoms with Crippen LogP contribution in [0.3, 0.4) is 0 Å². The molecular weight excluding hydrogens is 260 g/mol. The molecule has 1 aromatic rings. The molecule has 0 spiro atoms. The van der Waals surface area contributed by atoms with E-state index in [9.17, 15) is 0 Å². The van der Waals surface area contributed by atoms with Crippen LogP contribution in [-0.4, -0.2) is 46.9 Å². The second-order valence-electron chi connectivity index (χ2n) is 5.02. The van der Waals surface area contributed by atoms with Gasteiger partial charge in [-0.1, -0.05) is 18.3 Å². The first kappa shape index (κ1) is 16.3. The summed E-state index contributed by atoms with van der Waals surface area (Å²) in [5.41, 5.74) is 0. The van der Waals surface area contributed by atoms with E-state index >= 15 is 0 Å². The third-order valence-electron chi connectivity index (χ3n) is 2.88. The van der Waals surface area contributed by atoms with Gasteiger partial charge in [-0.2, -0.15) is 0 Å². The molecule has 1 rings (SSSR count). The lowest BCUT2D eigenvalue weighted by Crippen LogP contribution is -2.39. The van der Waals surface area contributed by atoms with Crippen LogP contribution in [0.4, 0.5) is 0 Å². The zero-order valence-corrected chi connectivity index (χ0v) is 13.5. The van der Waals surface area contributed by atoms with Gasteiger partial charge in [-0.05, 0) is 34.2 Å². The summed E-state index contributed by atoms with van der Waals surface area (Å²) >= 11 is 1.52. The van der Waals surface area contributed by atoms with Gasteiger partial charge in [-0.25, -0.2) is 0 Å². The van der Waals surface area contributed by atoms with Gasteiger partial charge in [0.1, 0.15) is 11.6 Å². The molecule has 0 aromatic carbocycles. The highest BCUT2D eigenvalue weighted by Crippen LogP contribution is 2.17. The van der Waals surface area contributed by atoms with E-state index in [4.69, 9.17) is 4.74 Å². The molecular formula is C13H26N4OS. The lowest BCUT2D eigenvalue weighted by molar-refractivity contribution is 0.141. The molecule has 0 fully saturated rings. The van der Waals surface area contributed by atoms with Crippen LogP contribution in [0.2, 0.25) is 0 Å². The van der Waals surface area contributed by atoms with Crippen LogP contribution in [0, 0.1) is 0 Å². The van der Waals surface area contributed by atoms with Crippen molar-refractivity contribution >= 4 is 11.3 Å². The summed E-state index contributed by atoms with van der Waals surface area (Å²) in [7, 11) is 0. The van der Waals surface area contributed by atoms with E-state index in [0.29, 0.717) is 23.9 Å². The van der Waals surface area contributed by atoms with Crippen LogP contribution >= 0.6 is 11.3 Å². The van der Waals surface area contributed by atoms with Gasteiger partial charge in [0, 0.05) is 25.2 Å². The molecule has 0 aliphatic heterocycles. The third kappa shape index (κ3) is 5.84. The van der Waals surface area contributed by atoms with Crippen LogP contribution in [0.15, 0.2) is 0 Å². The van der Waals surface area contributed by atoms with Crippen molar-refractivity contribution in [1.82, 2.24) is 20.4 Å². The number of ether oxygens (including phenoxy) is 1. The first-order chi connectivity index (χ1) is 9.04. The molecule has 0 atom stereocenters. The first-order valence-electron chi connectivity index (χ1n) is 6.96. The molecule has 0 radical (unpaired) electrons. The summed E-state index contributed by atoms with van der Waals surface area (Å²) in [6, 6.07) is 1.06. The highest BCUT2D eigenvalue weighted by molar-refractivity contribution is 7.13. The van der Waals surface area contributed by atoms with Crippen molar-refractivity contribution in [1.29, 1.82) is 0 Å². The highest BCUT2D eigenvalue weighted by atomic mass is 32.1. The molecule has 0 aliphatic rings. The van der Waals surface area contributed by atoms with Gasteiger partial charge in [0.15, 0.2) is 0 Å². The van der Waals surface area contributed by atoms with Gasteiger partial charge >= 0.3 is 0 Å². The molecule has 0 aliphatic carbocycles.